The van der Waals surface area contributed by atoms with E-state index >= 15 is 0 Å². The standard InChI is InChI=1S/C27H26N10O4/c1-30-17-10-5-6-14-15(17)7-4-8-16(14)22(38)34-20-13-37-25(29)33-19(12-32-23(39)18-9-2-3-11-31-18)21-26(37,27(20,40)41)36-24(28)35-21/h2-11,19-21,40-41H,12-13H2,(H2,29,33)(H,32,39)(H,34,38)(H3,28,35,36)/t19-,20?,21-,26-/m0/s1. The van der Waals surface area contributed by atoms with E-state index in [1.807, 2.05) is 0 Å². The van der Waals surface area contributed by atoms with E-state index in [4.69, 9.17) is 18.0 Å². The average molecular weight is 555 g/mol. The van der Waals surface area contributed by atoms with Crippen LogP contribution in [-0.2, 0) is 0 Å². The Hall–Kier alpha value is -5.26. The second kappa shape index (κ2) is 9.44. The summed E-state index contributed by atoms with van der Waals surface area (Å²) >= 11 is 0. The predicted octanol–water partition coefficient (Wildman–Crippen LogP) is -1.01. The largest absolute Gasteiger partial charge is 0.370 e. The molecule has 1 saturated heterocycles. The van der Waals surface area contributed by atoms with Crippen LogP contribution in [0, 0.1) is 6.57 Å². The molecule has 0 aliphatic carbocycles. The number of nitrogens with one attached hydrogen (secondary N) is 3. The van der Waals surface area contributed by atoms with Gasteiger partial charge in [0.25, 0.3) is 11.8 Å². The predicted molar refractivity (Wildman–Crippen MR) is 149 cm³/mol. The highest BCUT2D eigenvalue weighted by Gasteiger charge is 2.73. The van der Waals surface area contributed by atoms with Crippen LogP contribution in [0.5, 0.6) is 0 Å². The Labute approximate surface area is 233 Å². The third-order valence-electron chi connectivity index (χ3n) is 7.74. The van der Waals surface area contributed by atoms with Crippen molar-refractivity contribution in [2.24, 2.45) is 21.5 Å². The summed E-state index contributed by atoms with van der Waals surface area (Å²) in [6.07, 6.45) is 1.49. The van der Waals surface area contributed by atoms with Gasteiger partial charge >= 0.3 is 0 Å². The number of pyridine rings is 1. The number of aliphatic hydroxyl groups is 2. The van der Waals surface area contributed by atoms with Gasteiger partial charge in [0.15, 0.2) is 23.3 Å². The molecule has 1 fully saturated rings. The van der Waals surface area contributed by atoms with Crippen LogP contribution in [0.15, 0.2) is 70.8 Å². The van der Waals surface area contributed by atoms with Crippen LogP contribution in [0.1, 0.15) is 20.8 Å². The molecule has 9 N–H and O–H groups in total. The highest BCUT2D eigenvalue weighted by atomic mass is 16.5. The fourth-order valence-electron chi connectivity index (χ4n) is 5.86. The van der Waals surface area contributed by atoms with Crippen molar-refractivity contribution < 1.29 is 19.8 Å². The van der Waals surface area contributed by atoms with Gasteiger partial charge in [-0.2, -0.15) is 0 Å². The minimum absolute atomic E-state index is 0.0492. The van der Waals surface area contributed by atoms with E-state index < -0.39 is 41.4 Å². The van der Waals surface area contributed by atoms with Crippen molar-refractivity contribution >= 4 is 40.2 Å². The smallest absolute Gasteiger partial charge is 0.269 e. The number of rotatable bonds is 5. The second-order valence-electron chi connectivity index (χ2n) is 9.98. The molecule has 3 aliphatic rings. The van der Waals surface area contributed by atoms with Crippen LogP contribution in [0.2, 0.25) is 0 Å². The summed E-state index contributed by atoms with van der Waals surface area (Å²) in [4.78, 5) is 44.0. The first kappa shape index (κ1) is 26.0. The molecule has 3 aliphatic heterocycles. The molecule has 0 radical (unpaired) electrons. The Balaban J connectivity index is 1.29. The minimum Gasteiger partial charge on any atom is -0.370 e. The molecule has 0 saturated carbocycles. The van der Waals surface area contributed by atoms with Crippen molar-refractivity contribution in [3.8, 4) is 0 Å². The second-order valence-corrected chi connectivity index (χ2v) is 9.98. The Bertz CT molecular complexity index is 1670. The quantitative estimate of drug-likeness (QED) is 0.152. The van der Waals surface area contributed by atoms with Gasteiger partial charge in [-0.3, -0.25) is 14.6 Å². The average Bonchev–Trinajstić information content (AvgIpc) is 3.45. The molecule has 1 aromatic heterocycles. The highest BCUT2D eigenvalue weighted by Crippen LogP contribution is 2.44. The lowest BCUT2D eigenvalue weighted by Crippen LogP contribution is -2.78. The maximum atomic E-state index is 13.5. The van der Waals surface area contributed by atoms with E-state index in [-0.39, 0.29) is 36.3 Å². The summed E-state index contributed by atoms with van der Waals surface area (Å²) in [6.45, 7) is 7.23. The number of benzene rings is 2. The first-order valence-electron chi connectivity index (χ1n) is 12.7. The molecule has 2 amide bonds. The molecule has 41 heavy (non-hydrogen) atoms. The molecule has 2 aromatic carbocycles. The third kappa shape index (κ3) is 3.90. The van der Waals surface area contributed by atoms with E-state index in [9.17, 15) is 19.8 Å². The maximum absolute atomic E-state index is 13.5. The van der Waals surface area contributed by atoms with Gasteiger partial charge in [0, 0.05) is 24.8 Å². The minimum atomic E-state index is -2.64. The van der Waals surface area contributed by atoms with Crippen molar-refractivity contribution in [3.63, 3.8) is 0 Å². The number of fused-ring (bicyclic) bond motifs is 1. The zero-order chi connectivity index (χ0) is 28.9. The van der Waals surface area contributed by atoms with Gasteiger partial charge in [-0.25, -0.2) is 14.8 Å². The SMILES string of the molecule is [C-]#[N+]c1cccc2c(C(=O)NC3CN4C(N)=N[C@@H](CNC(=O)c5ccccn5)[C@@H]5N=C(N)N[C@@]54C3(O)O)cccc12. The van der Waals surface area contributed by atoms with Crippen LogP contribution >= 0.6 is 0 Å². The number of hydrogen-bond acceptors (Lipinski definition) is 11. The fourth-order valence-corrected chi connectivity index (χ4v) is 5.86. The first-order valence-corrected chi connectivity index (χ1v) is 12.7. The molecule has 3 aromatic rings. The van der Waals surface area contributed by atoms with Crippen molar-refractivity contribution in [2.45, 2.75) is 29.6 Å². The maximum Gasteiger partial charge on any atom is 0.269 e. The number of amides is 2. The van der Waals surface area contributed by atoms with Gasteiger partial charge in [-0.15, -0.1) is 0 Å². The third-order valence-corrected chi connectivity index (χ3v) is 7.74. The van der Waals surface area contributed by atoms with Crippen LogP contribution in [0.4, 0.5) is 5.69 Å². The summed E-state index contributed by atoms with van der Waals surface area (Å²) in [7, 11) is 0. The van der Waals surface area contributed by atoms with Gasteiger partial charge in [0.2, 0.25) is 5.79 Å². The Morgan fingerprint density at radius 1 is 1.07 bits per heavy atom. The number of nitrogens with zero attached hydrogens (tertiary/aromatic N) is 5. The van der Waals surface area contributed by atoms with E-state index in [2.05, 4.69) is 35.8 Å². The van der Waals surface area contributed by atoms with Crippen LogP contribution in [-0.4, -0.2) is 86.5 Å². The topological polar surface area (TPSA) is 208 Å². The lowest BCUT2D eigenvalue weighted by molar-refractivity contribution is -0.230. The first-order chi connectivity index (χ1) is 19.7. The number of carbonyl (C=O) groups is 2. The van der Waals surface area contributed by atoms with Gasteiger partial charge in [0.05, 0.1) is 12.6 Å². The Kier molecular flexibility index (Phi) is 5.98. The zero-order valence-electron chi connectivity index (χ0n) is 21.5. The molecule has 14 nitrogen and oxygen atoms in total. The molecule has 0 bridgehead atoms. The summed E-state index contributed by atoms with van der Waals surface area (Å²) in [5.74, 6) is -3.80. The van der Waals surface area contributed by atoms with Gasteiger partial charge < -0.3 is 42.5 Å². The number of aromatic nitrogens is 1. The van der Waals surface area contributed by atoms with E-state index in [0.717, 1.165) is 0 Å². The molecule has 4 heterocycles. The highest BCUT2D eigenvalue weighted by molar-refractivity contribution is 6.10. The molecule has 14 heteroatoms. The molecule has 4 atom stereocenters. The zero-order valence-corrected chi connectivity index (χ0v) is 21.5. The Morgan fingerprint density at radius 2 is 1.85 bits per heavy atom. The number of aliphatic imine (C=N–C) groups is 2. The van der Waals surface area contributed by atoms with Crippen molar-refractivity contribution in [1.82, 2.24) is 25.8 Å². The molecule has 1 spiro atoms. The van der Waals surface area contributed by atoms with Crippen molar-refractivity contribution in [2.75, 3.05) is 13.1 Å². The summed E-state index contributed by atoms with van der Waals surface area (Å²) in [5.41, 5.74) is 11.4. The van der Waals surface area contributed by atoms with Crippen LogP contribution in [0.25, 0.3) is 15.6 Å². The van der Waals surface area contributed by atoms with Gasteiger partial charge in [-0.05, 0) is 29.0 Å². The number of hydrogen-bond donors (Lipinski definition) is 7. The number of carbonyl (C=O) groups excluding carboxylic acids is 2. The van der Waals surface area contributed by atoms with Gasteiger partial charge in [0.1, 0.15) is 17.8 Å². The van der Waals surface area contributed by atoms with Crippen molar-refractivity contribution in [1.29, 1.82) is 0 Å². The lowest BCUT2D eigenvalue weighted by Gasteiger charge is -2.49. The normalized spacial score (nSPS) is 25.7. The van der Waals surface area contributed by atoms with E-state index in [1.54, 1.807) is 54.6 Å². The molecule has 1 unspecified atom stereocenters. The molecule has 6 rings (SSSR count). The number of nitrogens with two attached hydrogens (primary N) is 2. The molecular weight excluding hydrogens is 528 g/mol. The Morgan fingerprint density at radius 3 is 2.61 bits per heavy atom. The summed E-state index contributed by atoms with van der Waals surface area (Å²) in [5, 5.41) is 32.8. The van der Waals surface area contributed by atoms with Crippen LogP contribution in [0.3, 0.4) is 0 Å². The summed E-state index contributed by atoms with van der Waals surface area (Å²) in [6, 6.07) is 11.9. The number of guanidine groups is 2. The molecule has 208 valence electrons. The lowest BCUT2D eigenvalue weighted by atomic mass is 9.85. The summed E-state index contributed by atoms with van der Waals surface area (Å²) < 4.78 is 0. The monoisotopic (exact) mass is 554 g/mol. The van der Waals surface area contributed by atoms with Crippen molar-refractivity contribution in [3.05, 3.63) is 83.5 Å². The fraction of sp³-hybridized carbons (Fsp3) is 0.259. The van der Waals surface area contributed by atoms with E-state index in [1.165, 1.54) is 11.1 Å². The van der Waals surface area contributed by atoms with E-state index in [0.29, 0.717) is 16.5 Å². The van der Waals surface area contributed by atoms with Gasteiger partial charge in [-0.1, -0.05) is 36.4 Å². The molecular formula is C27H26N10O4. The van der Waals surface area contributed by atoms with Crippen LogP contribution < -0.4 is 27.4 Å².